The van der Waals surface area contributed by atoms with Gasteiger partial charge in [0.15, 0.2) is 0 Å². The van der Waals surface area contributed by atoms with Gasteiger partial charge in [-0.15, -0.1) is 0 Å². The molecule has 5 heteroatoms. The third kappa shape index (κ3) is 5.79. The van der Waals surface area contributed by atoms with E-state index >= 15 is 0 Å². The fraction of sp³-hybridized carbons (Fsp3) is 0.880. The summed E-state index contributed by atoms with van der Waals surface area (Å²) in [6.45, 7) is 9.53. The maximum atomic E-state index is 11.7. The summed E-state index contributed by atoms with van der Waals surface area (Å²) in [4.78, 5) is 11.7. The lowest BCUT2D eigenvalue weighted by atomic mass is 9.62. The number of rotatable bonds is 11. The Hall–Kier alpha value is -1.07. The van der Waals surface area contributed by atoms with Crippen LogP contribution in [-0.2, 0) is 18.9 Å². The predicted molar refractivity (Wildman–Crippen MR) is 119 cm³/mol. The quantitative estimate of drug-likeness (QED) is 0.215. The molecule has 0 spiro atoms. The van der Waals surface area contributed by atoms with Crippen LogP contribution >= 0.6 is 0 Å². The van der Waals surface area contributed by atoms with Crippen LogP contribution in [0.4, 0.5) is 4.79 Å². The Morgan fingerprint density at radius 3 is 2.57 bits per heavy atom. The summed E-state index contributed by atoms with van der Waals surface area (Å²) in [5, 5.41) is 0. The molecule has 0 aromatic carbocycles. The largest absolute Gasteiger partial charge is 0.508 e. The highest BCUT2D eigenvalue weighted by Crippen LogP contribution is 2.58. The van der Waals surface area contributed by atoms with E-state index in [1.54, 1.807) is 7.11 Å². The fourth-order valence-corrected chi connectivity index (χ4v) is 6.19. The second-order valence-electron chi connectivity index (χ2n) is 9.57. The molecule has 2 saturated carbocycles. The molecule has 0 radical (unpaired) electrons. The average Bonchev–Trinajstić information content (AvgIpc) is 3.11. The summed E-state index contributed by atoms with van der Waals surface area (Å²) in [5.74, 6) is 1.60. The molecule has 30 heavy (non-hydrogen) atoms. The summed E-state index contributed by atoms with van der Waals surface area (Å²) in [6.07, 6.45) is 13.9. The summed E-state index contributed by atoms with van der Waals surface area (Å²) < 4.78 is 21.5. The lowest BCUT2D eigenvalue weighted by Crippen LogP contribution is -2.43. The van der Waals surface area contributed by atoms with Gasteiger partial charge < -0.3 is 18.9 Å². The van der Waals surface area contributed by atoms with Crippen molar-refractivity contribution in [2.45, 2.75) is 97.2 Å². The lowest BCUT2D eigenvalue weighted by Gasteiger charge is -2.45. The minimum atomic E-state index is -0.535. The molecule has 0 amide bonds. The summed E-state index contributed by atoms with van der Waals surface area (Å²) >= 11 is 0. The Morgan fingerprint density at radius 2 is 1.93 bits per heavy atom. The molecule has 2 aliphatic carbocycles. The smallest absolute Gasteiger partial charge is 0.438 e. The molecule has 0 bridgehead atoms. The van der Waals surface area contributed by atoms with Crippen molar-refractivity contribution in [2.75, 3.05) is 21.0 Å². The summed E-state index contributed by atoms with van der Waals surface area (Å²) in [7, 11) is 3.07. The lowest BCUT2D eigenvalue weighted by molar-refractivity contribution is -0.137. The average molecular weight is 425 g/mol. The highest BCUT2D eigenvalue weighted by Gasteiger charge is 2.53. The fourth-order valence-electron chi connectivity index (χ4n) is 6.19. The molecular weight excluding hydrogens is 380 g/mol. The van der Waals surface area contributed by atoms with Crippen molar-refractivity contribution in [2.24, 2.45) is 23.2 Å². The molecule has 0 aliphatic heterocycles. The van der Waals surface area contributed by atoms with Gasteiger partial charge in [-0.05, 0) is 75.0 Å². The second-order valence-corrected chi connectivity index (χ2v) is 9.57. The van der Waals surface area contributed by atoms with E-state index in [0.29, 0.717) is 24.5 Å². The number of hydrogen-bond donors (Lipinski definition) is 0. The third-order valence-corrected chi connectivity index (χ3v) is 8.16. The van der Waals surface area contributed by atoms with E-state index in [1.807, 2.05) is 0 Å². The van der Waals surface area contributed by atoms with Crippen LogP contribution in [0.2, 0.25) is 0 Å². The van der Waals surface area contributed by atoms with Crippen LogP contribution in [0.25, 0.3) is 0 Å². The first-order valence-corrected chi connectivity index (χ1v) is 11.9. The minimum Gasteiger partial charge on any atom is -0.438 e. The Morgan fingerprint density at radius 1 is 1.20 bits per heavy atom. The van der Waals surface area contributed by atoms with Crippen molar-refractivity contribution in [1.29, 1.82) is 0 Å². The van der Waals surface area contributed by atoms with Gasteiger partial charge in [-0.1, -0.05) is 39.8 Å². The van der Waals surface area contributed by atoms with Crippen LogP contribution in [0.1, 0.15) is 85.5 Å². The molecule has 0 aromatic rings. The Labute approximate surface area is 183 Å². The first-order valence-electron chi connectivity index (χ1n) is 11.9. The van der Waals surface area contributed by atoms with Crippen molar-refractivity contribution in [1.82, 2.24) is 0 Å². The number of allylic oxidation sites excluding steroid dienone is 2. The van der Waals surface area contributed by atoms with E-state index in [2.05, 4.69) is 39.8 Å². The van der Waals surface area contributed by atoms with Crippen molar-refractivity contribution in [3.05, 3.63) is 12.2 Å². The molecule has 0 aromatic heterocycles. The highest BCUT2D eigenvalue weighted by molar-refractivity contribution is 5.59. The number of methoxy groups -OCH3 is 2. The van der Waals surface area contributed by atoms with Gasteiger partial charge >= 0.3 is 6.16 Å². The first-order chi connectivity index (χ1) is 14.4. The van der Waals surface area contributed by atoms with E-state index in [1.165, 1.54) is 20.0 Å². The van der Waals surface area contributed by atoms with Crippen LogP contribution in [0, 0.1) is 23.2 Å². The number of fused-ring (bicyclic) bond motifs is 1. The van der Waals surface area contributed by atoms with E-state index in [4.69, 9.17) is 18.9 Å². The van der Waals surface area contributed by atoms with Crippen LogP contribution < -0.4 is 0 Å². The minimum absolute atomic E-state index is 0.00466. The third-order valence-electron chi connectivity index (χ3n) is 8.16. The first kappa shape index (κ1) is 25.2. The van der Waals surface area contributed by atoms with E-state index in [9.17, 15) is 4.79 Å². The van der Waals surface area contributed by atoms with E-state index in [-0.39, 0.29) is 17.1 Å². The molecule has 0 heterocycles. The van der Waals surface area contributed by atoms with Gasteiger partial charge in [0.25, 0.3) is 0 Å². The number of hydrogen-bond acceptors (Lipinski definition) is 5. The highest BCUT2D eigenvalue weighted by atomic mass is 16.7. The zero-order valence-corrected chi connectivity index (χ0v) is 20.1. The number of ether oxygens (including phenoxy) is 4. The van der Waals surface area contributed by atoms with Gasteiger partial charge in [-0.2, -0.15) is 0 Å². The standard InChI is InChI=1S/C25H44O5/c1-7-25(8-2,29-18-27-5)17-10-9-12-19(3)20-14-15-21-22(30-23(26)28-6)13-11-16-24(20,21)4/h9,12,19-22H,7-8,10-11,13-18H2,1-6H3/b12-9+/t19-,20?,21?,22?,24?/m0/s1. The Kier molecular flexibility index (Phi) is 9.67. The molecular formula is C25H44O5. The van der Waals surface area contributed by atoms with E-state index < -0.39 is 6.16 Å². The van der Waals surface area contributed by atoms with Crippen molar-refractivity contribution in [3.8, 4) is 0 Å². The molecule has 174 valence electrons. The van der Waals surface area contributed by atoms with Gasteiger partial charge in [0.2, 0.25) is 0 Å². The van der Waals surface area contributed by atoms with Crippen LogP contribution in [0.3, 0.4) is 0 Å². The second kappa shape index (κ2) is 11.5. The normalized spacial score (nSPS) is 30.3. The molecule has 5 nitrogen and oxygen atoms in total. The maximum absolute atomic E-state index is 11.7. The van der Waals surface area contributed by atoms with Gasteiger partial charge in [-0.25, -0.2) is 4.79 Å². The molecule has 4 unspecified atom stereocenters. The predicted octanol–water partition coefficient (Wildman–Crippen LogP) is 6.51. The monoisotopic (exact) mass is 424 g/mol. The van der Waals surface area contributed by atoms with Gasteiger partial charge in [-0.3, -0.25) is 0 Å². The summed E-state index contributed by atoms with van der Waals surface area (Å²) in [6, 6.07) is 0. The SMILES string of the molecule is CCC(CC)(CC/C=C/[C@H](C)C1CCC2C(OC(=O)OC)CCCC21C)OCOC. The Bertz CT molecular complexity index is 556. The molecule has 5 atom stereocenters. The molecule has 0 saturated heterocycles. The molecule has 2 fully saturated rings. The van der Waals surface area contributed by atoms with Crippen LogP contribution in [0.5, 0.6) is 0 Å². The molecule has 0 N–H and O–H groups in total. The maximum Gasteiger partial charge on any atom is 0.508 e. The van der Waals surface area contributed by atoms with Crippen molar-refractivity contribution < 1.29 is 23.7 Å². The summed E-state index contributed by atoms with van der Waals surface area (Å²) in [5.41, 5.74) is 0.148. The van der Waals surface area contributed by atoms with Gasteiger partial charge in [0.05, 0.1) is 12.7 Å². The van der Waals surface area contributed by atoms with Crippen LogP contribution in [-0.4, -0.2) is 38.9 Å². The topological polar surface area (TPSA) is 54.0 Å². The van der Waals surface area contributed by atoms with E-state index in [0.717, 1.165) is 44.9 Å². The van der Waals surface area contributed by atoms with Crippen LogP contribution in [0.15, 0.2) is 12.2 Å². The van der Waals surface area contributed by atoms with Crippen molar-refractivity contribution >= 4 is 6.16 Å². The molecule has 2 aliphatic rings. The Balaban J connectivity index is 1.95. The zero-order valence-electron chi connectivity index (χ0n) is 20.1. The van der Waals surface area contributed by atoms with Crippen molar-refractivity contribution in [3.63, 3.8) is 0 Å². The molecule has 2 rings (SSSR count). The van der Waals surface area contributed by atoms with Gasteiger partial charge in [0.1, 0.15) is 12.9 Å². The number of carbonyl (C=O) groups is 1. The number of carbonyl (C=O) groups excluding carboxylic acids is 1. The van der Waals surface area contributed by atoms with Gasteiger partial charge in [0, 0.05) is 13.0 Å². The zero-order chi connectivity index (χ0) is 22.2.